The first-order valence-electron chi connectivity index (χ1n) is 4.03. The van der Waals surface area contributed by atoms with Gasteiger partial charge in [0, 0.05) is 11.6 Å². The van der Waals surface area contributed by atoms with Gasteiger partial charge in [-0.15, -0.1) is 0 Å². The van der Waals surface area contributed by atoms with Gasteiger partial charge in [0.05, 0.1) is 5.92 Å². The third-order valence-corrected chi connectivity index (χ3v) is 2.61. The van der Waals surface area contributed by atoms with Gasteiger partial charge in [0.2, 0.25) is 0 Å². The lowest BCUT2D eigenvalue weighted by Crippen LogP contribution is -2.31. The fourth-order valence-electron chi connectivity index (χ4n) is 1.44. The zero-order valence-corrected chi connectivity index (χ0v) is 7.24. The summed E-state index contributed by atoms with van der Waals surface area (Å²) in [5.74, 6) is -1.14. The molecule has 1 aliphatic rings. The minimum Gasteiger partial charge on any atom is -0.481 e. The number of carbonyl (C=O) groups is 1. The van der Waals surface area contributed by atoms with Gasteiger partial charge in [-0.05, 0) is 12.0 Å². The van der Waals surface area contributed by atoms with Crippen LogP contribution in [-0.2, 0) is 4.79 Å². The minimum atomic E-state index is -0.793. The van der Waals surface area contributed by atoms with Crippen LogP contribution in [0.3, 0.4) is 0 Å². The van der Waals surface area contributed by atoms with Crippen molar-refractivity contribution in [3.05, 3.63) is 12.2 Å². The molecule has 0 saturated heterocycles. The van der Waals surface area contributed by atoms with Crippen molar-refractivity contribution >= 4 is 11.7 Å². The van der Waals surface area contributed by atoms with Crippen LogP contribution in [0.2, 0.25) is 0 Å². The number of nitrogens with one attached hydrogen (secondary N) is 1. The van der Waals surface area contributed by atoms with E-state index >= 15 is 0 Å². The van der Waals surface area contributed by atoms with E-state index in [1.54, 1.807) is 12.2 Å². The van der Waals surface area contributed by atoms with Crippen molar-refractivity contribution in [2.45, 2.75) is 13.8 Å². The molecule has 0 aromatic rings. The van der Waals surface area contributed by atoms with Gasteiger partial charge in [-0.2, -0.15) is 0 Å². The van der Waals surface area contributed by atoms with Crippen LogP contribution in [0, 0.1) is 23.2 Å². The Morgan fingerprint density at radius 1 is 1.58 bits per heavy atom. The van der Waals surface area contributed by atoms with E-state index in [1.165, 1.54) is 0 Å². The van der Waals surface area contributed by atoms with Gasteiger partial charge in [-0.25, -0.2) is 0 Å². The maximum Gasteiger partial charge on any atom is 0.310 e. The van der Waals surface area contributed by atoms with Crippen molar-refractivity contribution in [3.8, 4) is 0 Å². The third-order valence-electron chi connectivity index (χ3n) is 2.61. The summed E-state index contributed by atoms with van der Waals surface area (Å²) < 4.78 is 0. The summed E-state index contributed by atoms with van der Waals surface area (Å²) in [4.78, 5) is 10.7. The number of aliphatic carboxylic acids is 1. The molecule has 0 spiro atoms. The Bertz CT molecular complexity index is 245. The van der Waals surface area contributed by atoms with Crippen LogP contribution >= 0.6 is 0 Å². The first kappa shape index (κ1) is 8.97. The maximum atomic E-state index is 10.7. The Hall–Kier alpha value is -1.12. The Balaban J connectivity index is 2.88. The summed E-state index contributed by atoms with van der Waals surface area (Å²) in [7, 11) is 0. The Kier molecular flexibility index (Phi) is 2.31. The van der Waals surface area contributed by atoms with E-state index in [9.17, 15) is 4.79 Å². The Morgan fingerprint density at radius 3 is 2.67 bits per heavy atom. The van der Waals surface area contributed by atoms with E-state index in [0.29, 0.717) is 5.71 Å². The first-order valence-corrected chi connectivity index (χ1v) is 4.03. The van der Waals surface area contributed by atoms with Gasteiger partial charge in [-0.1, -0.05) is 19.9 Å². The molecule has 1 aliphatic carbocycles. The molecule has 1 rings (SSSR count). The van der Waals surface area contributed by atoms with Crippen molar-refractivity contribution in [2.75, 3.05) is 0 Å². The van der Waals surface area contributed by atoms with E-state index in [2.05, 4.69) is 0 Å². The molecule has 0 aromatic heterocycles. The first-order chi connectivity index (χ1) is 5.54. The summed E-state index contributed by atoms with van der Waals surface area (Å²) >= 11 is 0. The van der Waals surface area contributed by atoms with Crippen molar-refractivity contribution in [1.29, 1.82) is 5.41 Å². The van der Waals surface area contributed by atoms with Crippen molar-refractivity contribution in [3.63, 3.8) is 0 Å². The second-order valence-electron chi connectivity index (χ2n) is 3.33. The van der Waals surface area contributed by atoms with Crippen molar-refractivity contribution in [1.82, 2.24) is 0 Å². The van der Waals surface area contributed by atoms with Gasteiger partial charge in [0.25, 0.3) is 0 Å². The number of carboxylic acid groups (broad SMARTS) is 1. The molecule has 0 heterocycles. The predicted octanol–water partition coefficient (Wildman–Crippen LogP) is 1.55. The van der Waals surface area contributed by atoms with E-state index in [1.807, 2.05) is 13.8 Å². The average molecular weight is 167 g/mol. The molecular weight excluding hydrogens is 154 g/mol. The van der Waals surface area contributed by atoms with Crippen molar-refractivity contribution < 1.29 is 9.90 Å². The highest BCUT2D eigenvalue weighted by atomic mass is 16.4. The molecule has 66 valence electrons. The fourth-order valence-corrected chi connectivity index (χ4v) is 1.44. The lowest BCUT2D eigenvalue weighted by Gasteiger charge is -2.27. The van der Waals surface area contributed by atoms with Gasteiger partial charge in [0.1, 0.15) is 0 Å². The average Bonchev–Trinajstić information content (AvgIpc) is 2.00. The summed E-state index contributed by atoms with van der Waals surface area (Å²) in [6.45, 7) is 3.77. The minimum absolute atomic E-state index is 0.0278. The molecule has 3 heteroatoms. The van der Waals surface area contributed by atoms with Crippen LogP contribution in [0.4, 0.5) is 0 Å². The van der Waals surface area contributed by atoms with E-state index in [4.69, 9.17) is 10.5 Å². The zero-order chi connectivity index (χ0) is 9.30. The quantitative estimate of drug-likeness (QED) is 0.622. The number of allylic oxidation sites excluding steroid dienone is 1. The third kappa shape index (κ3) is 1.40. The smallest absolute Gasteiger partial charge is 0.310 e. The second-order valence-corrected chi connectivity index (χ2v) is 3.33. The van der Waals surface area contributed by atoms with Gasteiger partial charge >= 0.3 is 5.97 Å². The monoisotopic (exact) mass is 167 g/mol. The highest BCUT2D eigenvalue weighted by Gasteiger charge is 2.31. The molecule has 0 fully saturated rings. The molecule has 0 bridgehead atoms. The van der Waals surface area contributed by atoms with Gasteiger partial charge < -0.3 is 10.5 Å². The molecule has 3 unspecified atom stereocenters. The van der Waals surface area contributed by atoms with E-state index < -0.39 is 11.9 Å². The predicted molar refractivity (Wildman–Crippen MR) is 46.3 cm³/mol. The summed E-state index contributed by atoms with van der Waals surface area (Å²) in [6, 6.07) is 0. The van der Waals surface area contributed by atoms with Crippen LogP contribution in [0.1, 0.15) is 13.8 Å². The lowest BCUT2D eigenvalue weighted by atomic mass is 9.77. The topological polar surface area (TPSA) is 61.2 Å². The summed E-state index contributed by atoms with van der Waals surface area (Å²) in [6.07, 6.45) is 3.21. The molecule has 0 saturated carbocycles. The molecule has 0 aliphatic heterocycles. The van der Waals surface area contributed by atoms with E-state index in [0.717, 1.165) is 0 Å². The summed E-state index contributed by atoms with van der Waals surface area (Å²) in [5.41, 5.74) is 0.528. The second kappa shape index (κ2) is 3.09. The molecule has 0 radical (unpaired) electrons. The molecule has 3 atom stereocenters. The number of rotatable bonds is 1. The Morgan fingerprint density at radius 2 is 2.17 bits per heavy atom. The molecule has 12 heavy (non-hydrogen) atoms. The highest BCUT2D eigenvalue weighted by Crippen LogP contribution is 2.27. The van der Waals surface area contributed by atoms with Crippen LogP contribution in [0.25, 0.3) is 0 Å². The normalized spacial score (nSPS) is 35.2. The van der Waals surface area contributed by atoms with Gasteiger partial charge in [0.15, 0.2) is 0 Å². The largest absolute Gasteiger partial charge is 0.481 e. The van der Waals surface area contributed by atoms with E-state index in [-0.39, 0.29) is 11.8 Å². The molecule has 2 N–H and O–H groups in total. The Labute approximate surface area is 71.6 Å². The molecule has 3 nitrogen and oxygen atoms in total. The molecule has 0 aromatic carbocycles. The molecule has 0 amide bonds. The van der Waals surface area contributed by atoms with Crippen LogP contribution in [0.5, 0.6) is 0 Å². The van der Waals surface area contributed by atoms with Crippen molar-refractivity contribution in [2.24, 2.45) is 17.8 Å². The van der Waals surface area contributed by atoms with Crippen LogP contribution < -0.4 is 0 Å². The number of hydrogen-bond acceptors (Lipinski definition) is 2. The van der Waals surface area contributed by atoms with Gasteiger partial charge in [-0.3, -0.25) is 4.79 Å². The molecular formula is C9H13NO2. The zero-order valence-electron chi connectivity index (χ0n) is 7.24. The maximum absolute atomic E-state index is 10.7. The SMILES string of the molecule is CC1C(=N)C=CC(C(=O)O)C1C. The lowest BCUT2D eigenvalue weighted by molar-refractivity contribution is -0.141. The van der Waals surface area contributed by atoms with Crippen LogP contribution in [0.15, 0.2) is 12.2 Å². The highest BCUT2D eigenvalue weighted by molar-refractivity contribution is 5.96. The number of carboxylic acids is 1. The fraction of sp³-hybridized carbons (Fsp3) is 0.556. The standard InChI is InChI=1S/C9H13NO2/c1-5-6(2)8(10)4-3-7(5)9(11)12/h3-7,10H,1-2H3,(H,11,12). The van der Waals surface area contributed by atoms with Crippen LogP contribution in [-0.4, -0.2) is 16.8 Å². The summed E-state index contributed by atoms with van der Waals surface area (Å²) in [5, 5.41) is 16.3. The number of hydrogen-bond donors (Lipinski definition) is 2.